The molecule has 0 unspecified atom stereocenters. The van der Waals surface area contributed by atoms with E-state index in [1.165, 1.54) is 24.3 Å². The molecule has 1 atom stereocenters. The summed E-state index contributed by atoms with van der Waals surface area (Å²) in [5.74, 6) is -0.655. The number of fused-ring (bicyclic) bond motifs is 1. The molecule has 0 fully saturated rings. The number of rotatable bonds is 11. The molecule has 1 N–H and O–H groups in total. The van der Waals surface area contributed by atoms with Gasteiger partial charge in [-0.15, -0.1) is 0 Å². The number of halogens is 1. The van der Waals surface area contributed by atoms with Crippen LogP contribution in [-0.2, 0) is 21.5 Å². The van der Waals surface area contributed by atoms with E-state index in [9.17, 15) is 17.6 Å². The van der Waals surface area contributed by atoms with Crippen LogP contribution in [0.3, 0.4) is 0 Å². The van der Waals surface area contributed by atoms with Gasteiger partial charge in [0.25, 0.3) is 0 Å². The summed E-state index contributed by atoms with van der Waals surface area (Å²) in [6.45, 7) is 12.0. The van der Waals surface area contributed by atoms with Crippen molar-refractivity contribution in [1.82, 2.24) is 15.3 Å². The van der Waals surface area contributed by atoms with Crippen LogP contribution in [0.15, 0.2) is 95.9 Å². The Morgan fingerprint density at radius 3 is 1.98 bits per heavy atom. The molecular formula is C38H40FN3O5S. The van der Waals surface area contributed by atoms with E-state index in [4.69, 9.17) is 8.92 Å². The molecule has 0 aliphatic rings. The van der Waals surface area contributed by atoms with Gasteiger partial charge in [-0.05, 0) is 69.8 Å². The molecule has 4 aromatic carbocycles. The molecule has 1 aromatic heterocycles. The number of hydrogen-bond acceptors (Lipinski definition) is 7. The van der Waals surface area contributed by atoms with E-state index in [0.29, 0.717) is 27.6 Å². The summed E-state index contributed by atoms with van der Waals surface area (Å²) in [5, 5.41) is 3.14. The predicted octanol–water partition coefficient (Wildman–Crippen LogP) is 8.92. The van der Waals surface area contributed by atoms with Crippen LogP contribution in [0.1, 0.15) is 99.0 Å². The second-order valence-corrected chi connectivity index (χ2v) is 14.1. The highest BCUT2D eigenvalue weighted by Gasteiger charge is 2.31. The average molecular weight is 670 g/mol. The normalized spacial score (nSPS) is 12.5. The Balaban J connectivity index is 1.60. The maximum atomic E-state index is 14.3. The Bertz CT molecular complexity index is 1990. The van der Waals surface area contributed by atoms with E-state index in [-0.39, 0.29) is 41.0 Å². The van der Waals surface area contributed by atoms with Crippen molar-refractivity contribution in [3.63, 3.8) is 0 Å². The monoisotopic (exact) mass is 669 g/mol. The zero-order valence-electron chi connectivity index (χ0n) is 27.9. The summed E-state index contributed by atoms with van der Waals surface area (Å²) < 4.78 is 54.1. The predicted molar refractivity (Wildman–Crippen MR) is 184 cm³/mol. The Hall–Kier alpha value is -4.83. The molecule has 0 bridgehead atoms. The van der Waals surface area contributed by atoms with Crippen molar-refractivity contribution in [2.24, 2.45) is 0 Å². The zero-order chi connectivity index (χ0) is 34.6. The van der Waals surface area contributed by atoms with Crippen LogP contribution in [0, 0.1) is 5.82 Å². The zero-order valence-corrected chi connectivity index (χ0v) is 28.7. The topological polar surface area (TPSA) is 107 Å². The lowest BCUT2D eigenvalue weighted by molar-refractivity contribution is 0.137. The Kier molecular flexibility index (Phi) is 10.4. The molecular weight excluding hydrogens is 629 g/mol. The van der Waals surface area contributed by atoms with Gasteiger partial charge in [-0.2, -0.15) is 13.4 Å². The summed E-state index contributed by atoms with van der Waals surface area (Å²) in [7, 11) is -4.43. The minimum atomic E-state index is -4.43. The molecule has 0 aliphatic carbocycles. The summed E-state index contributed by atoms with van der Waals surface area (Å²) in [5.41, 5.74) is 4.00. The highest BCUT2D eigenvalue weighted by Crippen LogP contribution is 2.37. The summed E-state index contributed by atoms with van der Waals surface area (Å²) >= 11 is 0. The largest absolute Gasteiger partial charge is 0.445 e. The van der Waals surface area contributed by atoms with Crippen molar-refractivity contribution >= 4 is 27.1 Å². The fourth-order valence-corrected chi connectivity index (χ4v) is 7.00. The molecule has 250 valence electrons. The van der Waals surface area contributed by atoms with Crippen molar-refractivity contribution in [2.75, 3.05) is 0 Å². The number of aromatic nitrogens is 2. The second kappa shape index (κ2) is 14.5. The third-order valence-corrected chi connectivity index (χ3v) is 9.39. The van der Waals surface area contributed by atoms with Crippen LogP contribution in [0.4, 0.5) is 9.18 Å². The lowest BCUT2D eigenvalue weighted by Gasteiger charge is -2.23. The van der Waals surface area contributed by atoms with Gasteiger partial charge in [0.05, 0.1) is 10.9 Å². The van der Waals surface area contributed by atoms with Gasteiger partial charge in [0.15, 0.2) is 5.82 Å². The number of carbonyl (C=O) groups excluding carboxylic acids is 1. The van der Waals surface area contributed by atoms with E-state index in [0.717, 1.165) is 11.1 Å². The summed E-state index contributed by atoms with van der Waals surface area (Å²) in [6.07, 6.45) is -0.770. The number of nitrogens with one attached hydrogen (secondary N) is 1. The molecule has 8 nitrogen and oxygen atoms in total. The highest BCUT2D eigenvalue weighted by molar-refractivity contribution is 7.87. The van der Waals surface area contributed by atoms with Crippen molar-refractivity contribution < 1.29 is 26.5 Å². The molecule has 1 heterocycles. The SMILES string of the molecule is CC(C)c1cc(C(C)C)c(S(=O)(=O)Oc2nc([C@H](NC(=O)OCc3ccccc3)c3ccc(F)cc3)nc3ccccc23)c(C(C)C)c1. The molecule has 5 aromatic rings. The number of nitrogens with zero attached hydrogens (tertiary/aromatic N) is 2. The Labute approximate surface area is 281 Å². The lowest BCUT2D eigenvalue weighted by atomic mass is 9.89. The van der Waals surface area contributed by atoms with Gasteiger partial charge in [0.1, 0.15) is 23.4 Å². The number of ether oxygens (including phenoxy) is 1. The fourth-order valence-electron chi connectivity index (χ4n) is 5.42. The van der Waals surface area contributed by atoms with Gasteiger partial charge < -0.3 is 14.2 Å². The third kappa shape index (κ3) is 7.82. The first kappa shape index (κ1) is 34.5. The van der Waals surface area contributed by atoms with Gasteiger partial charge in [-0.1, -0.05) is 108 Å². The molecule has 1 amide bonds. The smallest absolute Gasteiger partial charge is 0.408 e. The fraction of sp³-hybridized carbons (Fsp3) is 0.289. The van der Waals surface area contributed by atoms with Gasteiger partial charge in [-0.25, -0.2) is 14.2 Å². The van der Waals surface area contributed by atoms with Crippen molar-refractivity contribution in [3.8, 4) is 5.88 Å². The van der Waals surface area contributed by atoms with Crippen molar-refractivity contribution in [2.45, 2.75) is 76.8 Å². The first-order valence-corrected chi connectivity index (χ1v) is 17.4. The Morgan fingerprint density at radius 2 is 1.38 bits per heavy atom. The first-order valence-electron chi connectivity index (χ1n) is 16.0. The number of hydrogen-bond donors (Lipinski definition) is 1. The van der Waals surface area contributed by atoms with Crippen molar-refractivity contribution in [1.29, 1.82) is 0 Å². The second-order valence-electron chi connectivity index (χ2n) is 12.6. The van der Waals surface area contributed by atoms with Gasteiger partial charge in [0.2, 0.25) is 5.88 Å². The van der Waals surface area contributed by atoms with Gasteiger partial charge in [-0.3, -0.25) is 0 Å². The molecule has 0 saturated carbocycles. The van der Waals surface area contributed by atoms with Crippen LogP contribution in [0.2, 0.25) is 0 Å². The van der Waals surface area contributed by atoms with Crippen LogP contribution in [-0.4, -0.2) is 24.5 Å². The van der Waals surface area contributed by atoms with Gasteiger partial charge in [0, 0.05) is 0 Å². The van der Waals surface area contributed by atoms with Crippen LogP contribution in [0.5, 0.6) is 5.88 Å². The quantitative estimate of drug-likeness (QED) is 0.140. The minimum absolute atomic E-state index is 0.0139. The molecule has 5 rings (SSSR count). The minimum Gasteiger partial charge on any atom is -0.445 e. The van der Waals surface area contributed by atoms with E-state index >= 15 is 0 Å². The third-order valence-electron chi connectivity index (χ3n) is 8.04. The van der Waals surface area contributed by atoms with E-state index in [1.54, 1.807) is 24.3 Å². The summed E-state index contributed by atoms with van der Waals surface area (Å²) in [4.78, 5) is 22.5. The maximum absolute atomic E-state index is 14.3. The molecule has 0 spiro atoms. The molecule has 10 heteroatoms. The van der Waals surface area contributed by atoms with E-state index < -0.39 is 28.1 Å². The number of benzene rings is 4. The van der Waals surface area contributed by atoms with Crippen LogP contribution >= 0.6 is 0 Å². The average Bonchev–Trinajstić information content (AvgIpc) is 3.06. The maximum Gasteiger partial charge on any atom is 0.408 e. The number of para-hydroxylation sites is 1. The highest BCUT2D eigenvalue weighted by atomic mass is 32.2. The molecule has 0 radical (unpaired) electrons. The summed E-state index contributed by atoms with van der Waals surface area (Å²) in [6, 6.07) is 24.4. The number of carbonyl (C=O) groups is 1. The number of alkyl carbamates (subject to hydrolysis) is 1. The standard InChI is InChI=1S/C38H40FN3O5S/c1-23(2)28-20-31(24(3)4)35(32(21-28)25(5)6)48(44,45)47-37-30-14-10-11-15-33(30)40-36(42-37)34(27-16-18-29(39)19-17-27)41-38(43)46-22-26-12-8-7-9-13-26/h7-21,23-25,34H,22H2,1-6H3,(H,41,43)/t34-/m1/s1. The lowest BCUT2D eigenvalue weighted by Crippen LogP contribution is -2.31. The van der Waals surface area contributed by atoms with Gasteiger partial charge >= 0.3 is 16.2 Å². The van der Waals surface area contributed by atoms with Crippen LogP contribution in [0.25, 0.3) is 10.9 Å². The molecule has 0 saturated heterocycles. The molecule has 0 aliphatic heterocycles. The molecule has 48 heavy (non-hydrogen) atoms. The van der Waals surface area contributed by atoms with E-state index in [2.05, 4.69) is 29.1 Å². The first-order chi connectivity index (χ1) is 22.8. The number of amides is 1. The van der Waals surface area contributed by atoms with E-state index in [1.807, 2.05) is 70.2 Å². The van der Waals surface area contributed by atoms with Crippen molar-refractivity contribution in [3.05, 3.63) is 130 Å². The van der Waals surface area contributed by atoms with Crippen LogP contribution < -0.4 is 9.50 Å². The Morgan fingerprint density at radius 1 is 0.771 bits per heavy atom.